The van der Waals surface area contributed by atoms with Gasteiger partial charge in [-0.05, 0) is 42.7 Å². The Balaban J connectivity index is 1.48. The molecule has 0 aliphatic carbocycles. The third-order valence-electron chi connectivity index (χ3n) is 5.74. The molecule has 2 aliphatic rings. The topological polar surface area (TPSA) is 69.7 Å². The highest BCUT2D eigenvalue weighted by molar-refractivity contribution is 8.01. The Bertz CT molecular complexity index is 990. The van der Waals surface area contributed by atoms with Gasteiger partial charge < -0.3 is 15.1 Å². The molecule has 168 valence electrons. The van der Waals surface area contributed by atoms with Gasteiger partial charge in [0.2, 0.25) is 11.8 Å². The van der Waals surface area contributed by atoms with Gasteiger partial charge in [0, 0.05) is 24.5 Å². The number of anilines is 1. The highest BCUT2D eigenvalue weighted by Crippen LogP contribution is 2.39. The summed E-state index contributed by atoms with van der Waals surface area (Å²) in [6.07, 6.45) is 4.09. The SMILES string of the molecule is O=C(CN1C(=O)[C@@H](C(=O)N2CCCCCC2)Sc2ccccc21)NCc1ccc(F)cc1. The average Bonchev–Trinajstić information content (AvgIpc) is 3.09. The summed E-state index contributed by atoms with van der Waals surface area (Å²) in [5.74, 6) is -1.22. The van der Waals surface area contributed by atoms with E-state index in [1.165, 1.54) is 28.8 Å². The molecule has 0 spiro atoms. The van der Waals surface area contributed by atoms with E-state index in [0.717, 1.165) is 36.1 Å². The monoisotopic (exact) mass is 455 g/mol. The van der Waals surface area contributed by atoms with Gasteiger partial charge in [-0.15, -0.1) is 11.8 Å². The van der Waals surface area contributed by atoms with E-state index in [2.05, 4.69) is 5.32 Å². The number of nitrogens with one attached hydrogen (secondary N) is 1. The van der Waals surface area contributed by atoms with Gasteiger partial charge in [0.1, 0.15) is 12.4 Å². The third-order valence-corrected chi connectivity index (χ3v) is 6.98. The molecule has 3 amide bonds. The molecule has 0 radical (unpaired) electrons. The fourth-order valence-electron chi connectivity index (χ4n) is 4.00. The predicted molar refractivity (Wildman–Crippen MR) is 122 cm³/mol. The molecule has 32 heavy (non-hydrogen) atoms. The van der Waals surface area contributed by atoms with Crippen LogP contribution < -0.4 is 10.2 Å². The van der Waals surface area contributed by atoms with E-state index >= 15 is 0 Å². The standard InChI is InChI=1S/C24H26FN3O3S/c25-18-11-9-17(10-12-18)15-26-21(29)16-28-19-7-3-4-8-20(19)32-22(24(28)31)23(30)27-13-5-1-2-6-14-27/h3-4,7-12,22H,1-2,5-6,13-16H2,(H,26,29)/t22-/m1/s1. The molecular formula is C24H26FN3O3S. The molecule has 6 nitrogen and oxygen atoms in total. The van der Waals surface area contributed by atoms with Crippen LogP contribution in [-0.4, -0.2) is 47.5 Å². The molecule has 1 fully saturated rings. The minimum absolute atomic E-state index is 0.173. The number of thioether (sulfide) groups is 1. The average molecular weight is 456 g/mol. The molecule has 0 saturated carbocycles. The first-order valence-corrected chi connectivity index (χ1v) is 11.8. The Morgan fingerprint density at radius 2 is 1.69 bits per heavy atom. The van der Waals surface area contributed by atoms with Gasteiger partial charge in [-0.25, -0.2) is 4.39 Å². The first-order chi connectivity index (χ1) is 15.5. The van der Waals surface area contributed by atoms with Crippen LogP contribution in [0.1, 0.15) is 31.2 Å². The third kappa shape index (κ3) is 5.12. The van der Waals surface area contributed by atoms with Crippen molar-refractivity contribution in [3.63, 3.8) is 0 Å². The van der Waals surface area contributed by atoms with Crippen LogP contribution in [0.25, 0.3) is 0 Å². The molecule has 4 rings (SSSR count). The number of carbonyl (C=O) groups excluding carboxylic acids is 3. The molecule has 2 aromatic rings. The zero-order chi connectivity index (χ0) is 22.5. The lowest BCUT2D eigenvalue weighted by molar-refractivity contribution is -0.135. The summed E-state index contributed by atoms with van der Waals surface area (Å²) in [7, 11) is 0. The fraction of sp³-hybridized carbons (Fsp3) is 0.375. The van der Waals surface area contributed by atoms with Crippen LogP contribution in [0.3, 0.4) is 0 Å². The molecule has 2 aliphatic heterocycles. The number of likely N-dealkylation sites (tertiary alicyclic amines) is 1. The van der Waals surface area contributed by atoms with Crippen LogP contribution in [0.4, 0.5) is 10.1 Å². The van der Waals surface area contributed by atoms with Crippen molar-refractivity contribution in [2.45, 2.75) is 42.4 Å². The van der Waals surface area contributed by atoms with Crippen molar-refractivity contribution in [1.29, 1.82) is 0 Å². The van der Waals surface area contributed by atoms with Crippen molar-refractivity contribution in [1.82, 2.24) is 10.2 Å². The van der Waals surface area contributed by atoms with Gasteiger partial charge in [0.05, 0.1) is 5.69 Å². The van der Waals surface area contributed by atoms with Gasteiger partial charge in [0.25, 0.3) is 5.91 Å². The largest absolute Gasteiger partial charge is 0.350 e. The van der Waals surface area contributed by atoms with Gasteiger partial charge in [-0.3, -0.25) is 14.4 Å². The lowest BCUT2D eigenvalue weighted by Gasteiger charge is -2.34. The molecule has 1 N–H and O–H groups in total. The van der Waals surface area contributed by atoms with Crippen molar-refractivity contribution in [2.75, 3.05) is 24.5 Å². The minimum atomic E-state index is -0.882. The number of rotatable bonds is 5. The van der Waals surface area contributed by atoms with Crippen molar-refractivity contribution in [3.05, 3.63) is 59.9 Å². The Morgan fingerprint density at radius 3 is 2.41 bits per heavy atom. The Kier molecular flexibility index (Phi) is 7.09. The number of amides is 3. The highest BCUT2D eigenvalue weighted by Gasteiger charge is 2.40. The number of nitrogens with zero attached hydrogens (tertiary/aromatic N) is 2. The van der Waals surface area contributed by atoms with E-state index in [4.69, 9.17) is 0 Å². The predicted octanol–water partition coefficient (Wildman–Crippen LogP) is 3.35. The molecule has 2 heterocycles. The Labute approximate surface area is 191 Å². The minimum Gasteiger partial charge on any atom is -0.350 e. The maximum atomic E-state index is 13.3. The van der Waals surface area contributed by atoms with E-state index in [1.54, 1.807) is 23.1 Å². The van der Waals surface area contributed by atoms with Gasteiger partial charge in [0.15, 0.2) is 5.25 Å². The molecular weight excluding hydrogens is 429 g/mol. The number of hydrogen-bond acceptors (Lipinski definition) is 4. The number of fused-ring (bicyclic) bond motifs is 1. The fourth-order valence-corrected chi connectivity index (χ4v) is 5.18. The van der Waals surface area contributed by atoms with Crippen LogP contribution in [-0.2, 0) is 20.9 Å². The summed E-state index contributed by atoms with van der Waals surface area (Å²) >= 11 is 1.27. The number of benzene rings is 2. The zero-order valence-corrected chi connectivity index (χ0v) is 18.6. The molecule has 1 atom stereocenters. The first kappa shape index (κ1) is 22.3. The van der Waals surface area contributed by atoms with E-state index < -0.39 is 5.25 Å². The van der Waals surface area contributed by atoms with Gasteiger partial charge in [-0.1, -0.05) is 37.1 Å². The lowest BCUT2D eigenvalue weighted by Crippen LogP contribution is -2.52. The smallest absolute Gasteiger partial charge is 0.250 e. The van der Waals surface area contributed by atoms with Gasteiger partial charge in [-0.2, -0.15) is 0 Å². The number of hydrogen-bond donors (Lipinski definition) is 1. The molecule has 8 heteroatoms. The second kappa shape index (κ2) is 10.2. The summed E-state index contributed by atoms with van der Waals surface area (Å²) in [5, 5.41) is 1.89. The number of para-hydroxylation sites is 1. The zero-order valence-electron chi connectivity index (χ0n) is 17.8. The summed E-state index contributed by atoms with van der Waals surface area (Å²) in [4.78, 5) is 43.2. The van der Waals surface area contributed by atoms with E-state index in [0.29, 0.717) is 18.8 Å². The second-order valence-corrected chi connectivity index (χ2v) is 9.18. The molecule has 0 aromatic heterocycles. The van der Waals surface area contributed by atoms with Crippen LogP contribution in [0.15, 0.2) is 53.4 Å². The maximum Gasteiger partial charge on any atom is 0.250 e. The molecule has 0 bridgehead atoms. The van der Waals surface area contributed by atoms with Crippen molar-refractivity contribution < 1.29 is 18.8 Å². The lowest BCUT2D eigenvalue weighted by atomic mass is 10.2. The van der Waals surface area contributed by atoms with Gasteiger partial charge >= 0.3 is 0 Å². The van der Waals surface area contributed by atoms with Crippen LogP contribution in [0.2, 0.25) is 0 Å². The normalized spacial score (nSPS) is 18.7. The van der Waals surface area contributed by atoms with Crippen LogP contribution in [0, 0.1) is 5.82 Å². The summed E-state index contributed by atoms with van der Waals surface area (Å²) < 4.78 is 13.1. The van der Waals surface area contributed by atoms with Crippen LogP contribution >= 0.6 is 11.8 Å². The number of carbonyl (C=O) groups is 3. The highest BCUT2D eigenvalue weighted by atomic mass is 32.2. The number of halogens is 1. The van der Waals surface area contributed by atoms with Crippen molar-refractivity contribution in [2.24, 2.45) is 0 Å². The van der Waals surface area contributed by atoms with Crippen molar-refractivity contribution in [3.8, 4) is 0 Å². The van der Waals surface area contributed by atoms with Crippen LogP contribution in [0.5, 0.6) is 0 Å². The summed E-state index contributed by atoms with van der Waals surface area (Å²) in [5.41, 5.74) is 1.40. The van der Waals surface area contributed by atoms with Crippen molar-refractivity contribution >= 4 is 35.2 Å². The summed E-state index contributed by atoms with van der Waals surface area (Å²) in [6.45, 7) is 1.39. The Hall–Kier alpha value is -2.87. The quantitative estimate of drug-likeness (QED) is 0.702. The first-order valence-electron chi connectivity index (χ1n) is 10.9. The maximum absolute atomic E-state index is 13.3. The Morgan fingerprint density at radius 1 is 1.00 bits per heavy atom. The molecule has 0 unspecified atom stereocenters. The molecule has 1 saturated heterocycles. The van der Waals surface area contributed by atoms with E-state index in [9.17, 15) is 18.8 Å². The summed E-state index contributed by atoms with van der Waals surface area (Å²) in [6, 6.07) is 13.2. The van der Waals surface area contributed by atoms with E-state index in [1.807, 2.05) is 18.2 Å². The second-order valence-electron chi connectivity index (χ2n) is 8.03. The van der Waals surface area contributed by atoms with E-state index in [-0.39, 0.29) is 36.6 Å². The molecule has 2 aromatic carbocycles.